The molecule has 1 aromatic carbocycles. The van der Waals surface area contributed by atoms with Crippen molar-refractivity contribution in [2.24, 2.45) is 0 Å². The predicted molar refractivity (Wildman–Crippen MR) is 81.5 cm³/mol. The zero-order valence-corrected chi connectivity index (χ0v) is 11.8. The Bertz CT molecular complexity index is 693. The molecule has 0 amide bonds. The molecule has 2 atom stereocenters. The average molecular weight is 280 g/mol. The minimum absolute atomic E-state index is 0.110. The third-order valence-electron chi connectivity index (χ3n) is 4.67. The summed E-state index contributed by atoms with van der Waals surface area (Å²) in [5.41, 5.74) is 2.61. The minimum Gasteiger partial charge on any atom is -0.298 e. The van der Waals surface area contributed by atoms with Crippen LogP contribution in [0.25, 0.3) is 11.3 Å². The van der Waals surface area contributed by atoms with Crippen molar-refractivity contribution in [1.29, 1.82) is 0 Å². The number of benzene rings is 1. The highest BCUT2D eigenvalue weighted by atomic mass is 19.1. The molecule has 3 heteroatoms. The molecule has 1 fully saturated rings. The number of rotatable bonds is 2. The maximum absolute atomic E-state index is 13.8. The third kappa shape index (κ3) is 2.09. The van der Waals surface area contributed by atoms with Gasteiger partial charge in [-0.05, 0) is 36.7 Å². The van der Waals surface area contributed by atoms with E-state index in [2.05, 4.69) is 28.1 Å². The molecule has 2 aromatic rings. The number of nitrogens with zero attached hydrogens (tertiary/aromatic N) is 2. The molecule has 4 rings (SSSR count). The van der Waals surface area contributed by atoms with E-state index >= 15 is 0 Å². The lowest BCUT2D eigenvalue weighted by Gasteiger charge is -2.29. The summed E-state index contributed by atoms with van der Waals surface area (Å²) < 4.78 is 13.8. The first-order valence-corrected chi connectivity index (χ1v) is 7.38. The molecular formula is C18H17FN2. The van der Waals surface area contributed by atoms with Crippen LogP contribution in [0.1, 0.15) is 12.0 Å². The molecule has 0 saturated carbocycles. The molecule has 21 heavy (non-hydrogen) atoms. The van der Waals surface area contributed by atoms with Crippen LogP contribution in [0.4, 0.5) is 4.39 Å². The lowest BCUT2D eigenvalue weighted by molar-refractivity contribution is 0.345. The highest BCUT2D eigenvalue weighted by Gasteiger charge is 2.39. The van der Waals surface area contributed by atoms with Gasteiger partial charge in [-0.3, -0.25) is 9.88 Å². The molecule has 0 N–H and O–H groups in total. The molecule has 2 aliphatic rings. The molecule has 0 spiro atoms. The molecule has 1 aromatic heterocycles. The van der Waals surface area contributed by atoms with Crippen LogP contribution in [-0.2, 0) is 5.41 Å². The van der Waals surface area contributed by atoms with Crippen molar-refractivity contribution < 1.29 is 4.39 Å². The van der Waals surface area contributed by atoms with E-state index in [4.69, 9.17) is 0 Å². The molecular weight excluding hydrogens is 263 g/mol. The molecule has 1 saturated heterocycles. The predicted octanol–water partition coefficient (Wildman–Crippen LogP) is 3.40. The van der Waals surface area contributed by atoms with E-state index in [1.165, 1.54) is 11.6 Å². The number of halogens is 1. The van der Waals surface area contributed by atoms with Gasteiger partial charge in [0.2, 0.25) is 0 Å². The second-order valence-corrected chi connectivity index (χ2v) is 5.96. The van der Waals surface area contributed by atoms with Gasteiger partial charge in [-0.25, -0.2) is 4.39 Å². The summed E-state index contributed by atoms with van der Waals surface area (Å²) in [6, 6.07) is 10.8. The van der Waals surface area contributed by atoms with Crippen LogP contribution < -0.4 is 0 Å². The van der Waals surface area contributed by atoms with Crippen LogP contribution in [0.5, 0.6) is 0 Å². The number of fused-ring (bicyclic) bond motifs is 2. The molecule has 2 aliphatic heterocycles. The quantitative estimate of drug-likeness (QED) is 0.784. The maximum atomic E-state index is 13.8. The van der Waals surface area contributed by atoms with Gasteiger partial charge in [-0.15, -0.1) is 0 Å². The third-order valence-corrected chi connectivity index (χ3v) is 4.67. The van der Waals surface area contributed by atoms with E-state index in [-0.39, 0.29) is 11.2 Å². The van der Waals surface area contributed by atoms with Crippen LogP contribution in [0, 0.1) is 5.82 Å². The number of hydrogen-bond acceptors (Lipinski definition) is 2. The fourth-order valence-electron chi connectivity index (χ4n) is 3.48. The van der Waals surface area contributed by atoms with Crippen molar-refractivity contribution >= 4 is 0 Å². The highest BCUT2D eigenvalue weighted by Crippen LogP contribution is 2.38. The lowest BCUT2D eigenvalue weighted by atomic mass is 9.79. The topological polar surface area (TPSA) is 16.1 Å². The van der Waals surface area contributed by atoms with Crippen LogP contribution in [0.2, 0.25) is 0 Å². The van der Waals surface area contributed by atoms with Crippen LogP contribution in [-0.4, -0.2) is 29.5 Å². The van der Waals surface area contributed by atoms with Crippen LogP contribution in [0.15, 0.2) is 54.7 Å². The van der Waals surface area contributed by atoms with Crippen molar-refractivity contribution in [2.45, 2.75) is 11.8 Å². The van der Waals surface area contributed by atoms with Crippen LogP contribution >= 0.6 is 0 Å². The number of aromatic nitrogens is 1. The summed E-state index contributed by atoms with van der Waals surface area (Å²) >= 11 is 0. The fourth-order valence-corrected chi connectivity index (χ4v) is 3.48. The SMILES string of the molecule is Fc1ccccc1-c1ccc(C23C=CCN(CC2)C3)cn1. The molecule has 0 aliphatic carbocycles. The Labute approximate surface area is 123 Å². The monoisotopic (exact) mass is 280 g/mol. The second-order valence-electron chi connectivity index (χ2n) is 5.96. The summed E-state index contributed by atoms with van der Waals surface area (Å²) in [5.74, 6) is -0.222. The van der Waals surface area contributed by atoms with Crippen LogP contribution in [0.3, 0.4) is 0 Å². The molecule has 2 unspecified atom stereocenters. The first kappa shape index (κ1) is 12.7. The summed E-state index contributed by atoms with van der Waals surface area (Å²) in [7, 11) is 0. The average Bonchev–Trinajstić information content (AvgIpc) is 2.84. The fraction of sp³-hybridized carbons (Fsp3) is 0.278. The van der Waals surface area contributed by atoms with E-state index in [0.29, 0.717) is 11.3 Å². The van der Waals surface area contributed by atoms with Crippen molar-refractivity contribution in [3.8, 4) is 11.3 Å². The summed E-state index contributed by atoms with van der Waals surface area (Å²) in [6.07, 6.45) is 7.64. The van der Waals surface area contributed by atoms with Crippen molar-refractivity contribution in [1.82, 2.24) is 9.88 Å². The van der Waals surface area contributed by atoms with E-state index in [1.54, 1.807) is 12.1 Å². The van der Waals surface area contributed by atoms with Gasteiger partial charge < -0.3 is 0 Å². The Morgan fingerprint density at radius 3 is 2.86 bits per heavy atom. The van der Waals surface area contributed by atoms with Gasteiger partial charge >= 0.3 is 0 Å². The largest absolute Gasteiger partial charge is 0.298 e. The molecule has 2 bridgehead atoms. The highest BCUT2D eigenvalue weighted by molar-refractivity contribution is 5.60. The van der Waals surface area contributed by atoms with Gasteiger partial charge in [0.15, 0.2) is 0 Å². The summed E-state index contributed by atoms with van der Waals surface area (Å²) in [5, 5.41) is 0. The smallest absolute Gasteiger partial charge is 0.132 e. The van der Waals surface area contributed by atoms with Gasteiger partial charge in [0.05, 0.1) is 5.69 Å². The zero-order chi connectivity index (χ0) is 14.3. The Morgan fingerprint density at radius 1 is 1.14 bits per heavy atom. The first-order chi connectivity index (χ1) is 10.3. The minimum atomic E-state index is -0.222. The van der Waals surface area contributed by atoms with Gasteiger partial charge in [0.1, 0.15) is 5.82 Å². The van der Waals surface area contributed by atoms with Crippen molar-refractivity contribution in [3.05, 3.63) is 66.1 Å². The first-order valence-electron chi connectivity index (χ1n) is 7.38. The Morgan fingerprint density at radius 2 is 2.05 bits per heavy atom. The Kier molecular flexibility index (Phi) is 2.89. The molecule has 2 nitrogen and oxygen atoms in total. The van der Waals surface area contributed by atoms with Gasteiger partial charge in [-0.2, -0.15) is 0 Å². The zero-order valence-electron chi connectivity index (χ0n) is 11.8. The number of hydrogen-bond donors (Lipinski definition) is 0. The standard InChI is InChI=1S/C18H17FN2/c19-16-5-2-1-4-15(16)17-7-6-14(12-20-17)18-8-3-10-21(13-18)11-9-18/h1-8,12H,9-11,13H2. The summed E-state index contributed by atoms with van der Waals surface area (Å²) in [6.45, 7) is 3.27. The Balaban J connectivity index is 1.70. The van der Waals surface area contributed by atoms with Crippen molar-refractivity contribution in [3.63, 3.8) is 0 Å². The van der Waals surface area contributed by atoms with Gasteiger partial charge in [0.25, 0.3) is 0 Å². The van der Waals surface area contributed by atoms with Gasteiger partial charge in [-0.1, -0.05) is 30.4 Å². The molecule has 106 valence electrons. The Hall–Kier alpha value is -2.00. The van der Waals surface area contributed by atoms with E-state index in [9.17, 15) is 4.39 Å². The lowest BCUT2D eigenvalue weighted by Crippen LogP contribution is -2.33. The van der Waals surface area contributed by atoms with E-state index < -0.39 is 0 Å². The van der Waals surface area contributed by atoms with E-state index in [0.717, 1.165) is 26.1 Å². The normalized spacial score (nSPS) is 27.0. The van der Waals surface area contributed by atoms with Gasteiger partial charge in [0, 0.05) is 30.3 Å². The molecule has 0 radical (unpaired) electrons. The summed E-state index contributed by atoms with van der Waals surface area (Å²) in [4.78, 5) is 6.97. The maximum Gasteiger partial charge on any atom is 0.132 e. The van der Waals surface area contributed by atoms with E-state index in [1.807, 2.05) is 18.3 Å². The van der Waals surface area contributed by atoms with Crippen molar-refractivity contribution in [2.75, 3.05) is 19.6 Å². The second kappa shape index (κ2) is 4.78. The molecule has 3 heterocycles. The number of pyridine rings is 1.